The van der Waals surface area contributed by atoms with Crippen molar-refractivity contribution in [2.75, 3.05) is 18.0 Å². The summed E-state index contributed by atoms with van der Waals surface area (Å²) in [6, 6.07) is -0.0369. The Bertz CT molecular complexity index is 888. The second-order valence-electron chi connectivity index (χ2n) is 6.82. The summed E-state index contributed by atoms with van der Waals surface area (Å²) in [6.07, 6.45) is 2.69. The molecule has 28 heavy (non-hydrogen) atoms. The minimum absolute atomic E-state index is 0.0369. The molecule has 0 aliphatic carbocycles. The number of amides is 1. The predicted octanol–water partition coefficient (Wildman–Crippen LogP) is 2.98. The molecule has 0 spiro atoms. The van der Waals surface area contributed by atoms with Crippen molar-refractivity contribution in [1.82, 2.24) is 19.9 Å². The van der Waals surface area contributed by atoms with Crippen molar-refractivity contribution in [3.8, 4) is 0 Å². The number of aromatic nitrogens is 3. The first-order valence-corrected chi connectivity index (χ1v) is 10.6. The molecule has 2 aromatic heterocycles. The first-order chi connectivity index (χ1) is 13.3. The second kappa shape index (κ2) is 8.48. The molecule has 3 heterocycles. The van der Waals surface area contributed by atoms with Crippen LogP contribution in [0.25, 0.3) is 0 Å². The molecule has 2 N–H and O–H groups in total. The zero-order valence-electron chi connectivity index (χ0n) is 16.2. The van der Waals surface area contributed by atoms with Crippen LogP contribution in [0.15, 0.2) is 0 Å². The van der Waals surface area contributed by atoms with E-state index in [1.165, 1.54) is 0 Å². The third-order valence-electron chi connectivity index (χ3n) is 4.76. The summed E-state index contributed by atoms with van der Waals surface area (Å²) >= 11 is 7.39. The Kier molecular flexibility index (Phi) is 6.24. The first kappa shape index (κ1) is 20.6. The van der Waals surface area contributed by atoms with Gasteiger partial charge in [0.1, 0.15) is 4.88 Å². The van der Waals surface area contributed by atoms with Crippen molar-refractivity contribution in [1.29, 1.82) is 0 Å². The Morgan fingerprint density at radius 1 is 1.32 bits per heavy atom. The maximum Gasteiger partial charge on any atom is 0.347 e. The third-order valence-corrected chi connectivity index (χ3v) is 6.27. The average molecular weight is 426 g/mol. The topological polar surface area (TPSA) is 100 Å². The van der Waals surface area contributed by atoms with Crippen LogP contribution in [-0.4, -0.2) is 50.6 Å². The number of nitrogens with one attached hydrogen (secondary N) is 1. The lowest BCUT2D eigenvalue weighted by Crippen LogP contribution is -2.59. The molecule has 10 heteroatoms. The number of carbonyl (C=O) groups excluding carboxylic acids is 1. The van der Waals surface area contributed by atoms with Crippen LogP contribution in [0.3, 0.4) is 0 Å². The number of carboxylic acid groups (broad SMARTS) is 1. The summed E-state index contributed by atoms with van der Waals surface area (Å²) in [6.45, 7) is 7.67. The lowest BCUT2D eigenvalue weighted by atomic mass is 10.1. The number of imidazole rings is 1. The molecule has 1 aliphatic heterocycles. The fourth-order valence-electron chi connectivity index (χ4n) is 3.22. The van der Waals surface area contributed by atoms with Gasteiger partial charge in [-0.15, -0.1) is 0 Å². The molecule has 0 aromatic carbocycles. The Balaban J connectivity index is 1.64. The minimum atomic E-state index is -0.964. The van der Waals surface area contributed by atoms with Crippen LogP contribution in [-0.2, 0) is 13.0 Å². The Hall–Kier alpha value is -2.13. The van der Waals surface area contributed by atoms with Gasteiger partial charge >= 0.3 is 5.97 Å². The van der Waals surface area contributed by atoms with Crippen molar-refractivity contribution in [2.45, 2.75) is 52.6 Å². The van der Waals surface area contributed by atoms with Crippen LogP contribution in [0.5, 0.6) is 0 Å². The summed E-state index contributed by atoms with van der Waals surface area (Å²) in [5, 5.41) is 13.2. The van der Waals surface area contributed by atoms with Gasteiger partial charge < -0.3 is 19.9 Å². The van der Waals surface area contributed by atoms with E-state index in [9.17, 15) is 9.59 Å². The van der Waals surface area contributed by atoms with E-state index in [0.29, 0.717) is 34.9 Å². The maximum atomic E-state index is 12.7. The van der Waals surface area contributed by atoms with E-state index in [-0.39, 0.29) is 16.8 Å². The number of anilines is 1. The van der Waals surface area contributed by atoms with Gasteiger partial charge in [0, 0.05) is 19.6 Å². The molecule has 1 fully saturated rings. The number of aryl methyl sites for hydroxylation is 1. The lowest BCUT2D eigenvalue weighted by Gasteiger charge is -2.39. The molecule has 1 amide bonds. The van der Waals surface area contributed by atoms with E-state index < -0.39 is 5.97 Å². The van der Waals surface area contributed by atoms with Crippen LogP contribution in [0.4, 0.5) is 5.13 Å². The average Bonchev–Trinajstić information content (AvgIpc) is 3.15. The van der Waals surface area contributed by atoms with E-state index in [0.717, 1.165) is 42.8 Å². The number of carbonyl (C=O) groups is 2. The van der Waals surface area contributed by atoms with E-state index in [2.05, 4.69) is 22.2 Å². The smallest absolute Gasteiger partial charge is 0.347 e. The molecular formula is C18H24ClN5O3S. The van der Waals surface area contributed by atoms with Gasteiger partial charge in [0.05, 0.1) is 17.4 Å². The van der Waals surface area contributed by atoms with Crippen LogP contribution in [0, 0.1) is 6.92 Å². The normalized spacial score (nSPS) is 14.2. The first-order valence-electron chi connectivity index (χ1n) is 9.37. The molecule has 152 valence electrons. The Morgan fingerprint density at radius 2 is 2.04 bits per heavy atom. The zero-order valence-corrected chi connectivity index (χ0v) is 17.7. The number of thiazole rings is 1. The zero-order chi connectivity index (χ0) is 20.4. The molecule has 0 bridgehead atoms. The van der Waals surface area contributed by atoms with Gasteiger partial charge in [-0.1, -0.05) is 43.2 Å². The fraction of sp³-hybridized carbons (Fsp3) is 0.556. The Morgan fingerprint density at radius 3 is 2.61 bits per heavy atom. The second-order valence-corrected chi connectivity index (χ2v) is 8.16. The third kappa shape index (κ3) is 4.00. The highest BCUT2D eigenvalue weighted by atomic mass is 35.5. The van der Waals surface area contributed by atoms with Crippen molar-refractivity contribution in [3.05, 3.63) is 27.2 Å². The van der Waals surface area contributed by atoms with Crippen molar-refractivity contribution in [3.63, 3.8) is 0 Å². The number of hydrogen-bond acceptors (Lipinski definition) is 6. The van der Waals surface area contributed by atoms with Gasteiger partial charge in [-0.25, -0.2) is 14.8 Å². The summed E-state index contributed by atoms with van der Waals surface area (Å²) in [5.41, 5.74) is 1.40. The van der Waals surface area contributed by atoms with E-state index in [1.807, 2.05) is 16.4 Å². The van der Waals surface area contributed by atoms with Crippen molar-refractivity contribution < 1.29 is 14.7 Å². The molecule has 0 radical (unpaired) electrons. The number of unbranched alkanes of at least 4 members (excludes halogenated alkanes) is 1. The molecule has 0 saturated carbocycles. The van der Waals surface area contributed by atoms with Gasteiger partial charge in [-0.2, -0.15) is 0 Å². The molecular weight excluding hydrogens is 402 g/mol. The van der Waals surface area contributed by atoms with E-state index in [1.54, 1.807) is 6.92 Å². The molecule has 2 aromatic rings. The van der Waals surface area contributed by atoms with Crippen LogP contribution >= 0.6 is 22.9 Å². The van der Waals surface area contributed by atoms with E-state index >= 15 is 0 Å². The largest absolute Gasteiger partial charge is 0.477 e. The molecule has 1 aliphatic rings. The number of carboxylic acids is 1. The summed E-state index contributed by atoms with van der Waals surface area (Å²) in [7, 11) is 0. The summed E-state index contributed by atoms with van der Waals surface area (Å²) in [4.78, 5) is 34.7. The monoisotopic (exact) mass is 425 g/mol. The number of aromatic carboxylic acids is 1. The van der Waals surface area contributed by atoms with Crippen LogP contribution < -0.4 is 10.2 Å². The quantitative estimate of drug-likeness (QED) is 0.674. The van der Waals surface area contributed by atoms with Crippen LogP contribution in [0.2, 0.25) is 5.15 Å². The van der Waals surface area contributed by atoms with Gasteiger partial charge in [-0.05, 0) is 19.8 Å². The highest BCUT2D eigenvalue weighted by Gasteiger charge is 2.32. The van der Waals surface area contributed by atoms with E-state index in [4.69, 9.17) is 16.7 Å². The number of rotatable bonds is 8. The number of nitrogens with zero attached hydrogens (tertiary/aromatic N) is 4. The van der Waals surface area contributed by atoms with Crippen molar-refractivity contribution in [2.24, 2.45) is 0 Å². The van der Waals surface area contributed by atoms with Crippen molar-refractivity contribution >= 4 is 39.9 Å². The van der Waals surface area contributed by atoms with Crippen LogP contribution in [0.1, 0.15) is 58.4 Å². The standard InChI is InChI=1S/C18H24ClN5O3S/c1-4-6-7-24-12(5-2)14(19)22-15(24)16(25)21-11-8-23(9-11)18-20-10(3)13(28-18)17(26)27/h11H,4-9H2,1-3H3,(H,21,25)(H,26,27). The molecule has 1 saturated heterocycles. The predicted molar refractivity (Wildman–Crippen MR) is 109 cm³/mol. The highest BCUT2D eigenvalue weighted by molar-refractivity contribution is 7.17. The number of hydrogen-bond donors (Lipinski definition) is 2. The molecule has 0 unspecified atom stereocenters. The summed E-state index contributed by atoms with van der Waals surface area (Å²) in [5.74, 6) is -0.843. The maximum absolute atomic E-state index is 12.7. The van der Waals surface area contributed by atoms with Gasteiger partial charge in [-0.3, -0.25) is 4.79 Å². The molecule has 0 atom stereocenters. The lowest BCUT2D eigenvalue weighted by molar-refractivity contribution is 0.0700. The molecule has 3 rings (SSSR count). The Labute approximate surface area is 172 Å². The minimum Gasteiger partial charge on any atom is -0.477 e. The number of halogens is 1. The van der Waals surface area contributed by atoms with Gasteiger partial charge in [0.2, 0.25) is 5.82 Å². The fourth-order valence-corrected chi connectivity index (χ4v) is 4.46. The molecule has 8 nitrogen and oxygen atoms in total. The highest BCUT2D eigenvalue weighted by Crippen LogP contribution is 2.29. The van der Waals surface area contributed by atoms with Gasteiger partial charge in [0.25, 0.3) is 5.91 Å². The SMILES string of the molecule is CCCCn1c(C(=O)NC2CN(c3nc(C)c(C(=O)O)s3)C2)nc(Cl)c1CC. The van der Waals surface area contributed by atoms with Gasteiger partial charge in [0.15, 0.2) is 10.3 Å². The summed E-state index contributed by atoms with van der Waals surface area (Å²) < 4.78 is 1.92.